The van der Waals surface area contributed by atoms with Gasteiger partial charge >= 0.3 is 5.97 Å². The number of carbonyl (C=O) groups excluding carboxylic acids is 4. The van der Waals surface area contributed by atoms with Crippen LogP contribution in [-0.2, 0) is 24.0 Å². The van der Waals surface area contributed by atoms with Crippen molar-refractivity contribution in [3.63, 3.8) is 0 Å². The Balaban J connectivity index is 1.61. The second-order valence-corrected chi connectivity index (χ2v) is 10.5. The van der Waals surface area contributed by atoms with Crippen LogP contribution in [0.1, 0.15) is 44.1 Å². The molecule has 1 fully saturated rings. The molecule has 0 spiro atoms. The monoisotopic (exact) mass is 539 g/mol. The van der Waals surface area contributed by atoms with E-state index in [1.54, 1.807) is 13.0 Å². The second-order valence-electron chi connectivity index (χ2n) is 10.1. The molecule has 0 saturated carbocycles. The van der Waals surface area contributed by atoms with E-state index in [1.165, 1.54) is 19.3 Å². The first-order valence-electron chi connectivity index (χ1n) is 12.4. The minimum atomic E-state index is -1.01. The number of imide groups is 1. The van der Waals surface area contributed by atoms with Crippen LogP contribution in [0.5, 0.6) is 11.5 Å². The smallest absolute Gasteiger partial charge is 0.303 e. The van der Waals surface area contributed by atoms with Crippen LogP contribution in [0.25, 0.3) is 0 Å². The Morgan fingerprint density at radius 2 is 1.89 bits per heavy atom. The number of allylic oxidation sites excluding steroid dienone is 6. The third-order valence-corrected chi connectivity index (χ3v) is 8.32. The number of fused-ring (bicyclic) bond motifs is 3. The van der Waals surface area contributed by atoms with Crippen LogP contribution >= 0.6 is 11.6 Å². The second kappa shape index (κ2) is 9.54. The molecule has 1 aliphatic heterocycles. The van der Waals surface area contributed by atoms with Gasteiger partial charge < -0.3 is 14.9 Å². The molecule has 9 nitrogen and oxygen atoms in total. The van der Waals surface area contributed by atoms with E-state index in [0.717, 1.165) is 10.5 Å². The topological polar surface area (TPSA) is 138 Å². The number of nitrogens with zero attached hydrogens (tertiary/aromatic N) is 1. The van der Waals surface area contributed by atoms with E-state index >= 15 is 0 Å². The number of carbonyl (C=O) groups is 5. The number of phenols is 1. The van der Waals surface area contributed by atoms with E-state index in [4.69, 9.17) is 21.4 Å². The maximum Gasteiger partial charge on any atom is 0.303 e. The Hall–Kier alpha value is -3.72. The van der Waals surface area contributed by atoms with Gasteiger partial charge in [-0.15, -0.1) is 0 Å². The Bertz CT molecular complexity index is 1400. The molecule has 38 heavy (non-hydrogen) atoms. The van der Waals surface area contributed by atoms with E-state index in [1.807, 2.05) is 6.08 Å². The van der Waals surface area contributed by atoms with Crippen molar-refractivity contribution in [1.29, 1.82) is 0 Å². The summed E-state index contributed by atoms with van der Waals surface area (Å²) in [6.45, 7) is 1.59. The van der Waals surface area contributed by atoms with Crippen LogP contribution in [0.4, 0.5) is 0 Å². The van der Waals surface area contributed by atoms with Gasteiger partial charge in [-0.3, -0.25) is 28.9 Å². The zero-order valence-corrected chi connectivity index (χ0v) is 21.6. The van der Waals surface area contributed by atoms with Gasteiger partial charge in [0, 0.05) is 35.6 Å². The summed E-state index contributed by atoms with van der Waals surface area (Å²) in [4.78, 5) is 65.5. The number of methoxy groups -OCH3 is 1. The molecule has 4 aliphatic rings. The summed E-state index contributed by atoms with van der Waals surface area (Å²) in [5.41, 5.74) is 2.20. The fraction of sp³-hybridized carbons (Fsp3) is 0.393. The first kappa shape index (κ1) is 25.9. The Labute approximate surface area is 223 Å². The molecule has 0 aromatic heterocycles. The first-order valence-corrected chi connectivity index (χ1v) is 12.8. The summed E-state index contributed by atoms with van der Waals surface area (Å²) in [5, 5.41) is 19.3. The molecule has 0 radical (unpaired) electrons. The van der Waals surface area contributed by atoms with E-state index < -0.39 is 29.6 Å². The van der Waals surface area contributed by atoms with Crippen molar-refractivity contribution in [2.45, 2.75) is 38.5 Å². The molecular formula is C28H26ClNO8. The number of carboxylic acids is 1. The van der Waals surface area contributed by atoms with Crippen LogP contribution in [0.3, 0.4) is 0 Å². The molecule has 1 aromatic rings. The van der Waals surface area contributed by atoms with Crippen LogP contribution in [-0.4, -0.2) is 58.1 Å². The zero-order valence-electron chi connectivity index (χ0n) is 20.8. The number of aliphatic carboxylic acids is 1. The number of rotatable bonds is 6. The molecule has 3 aliphatic carbocycles. The van der Waals surface area contributed by atoms with Gasteiger partial charge in [0.15, 0.2) is 23.1 Å². The largest absolute Gasteiger partial charge is 0.503 e. The number of ketones is 2. The van der Waals surface area contributed by atoms with E-state index in [0.29, 0.717) is 22.3 Å². The van der Waals surface area contributed by atoms with Gasteiger partial charge in [0.25, 0.3) is 0 Å². The average Bonchev–Trinajstić information content (AvgIpc) is 3.12. The van der Waals surface area contributed by atoms with Crippen LogP contribution in [0, 0.1) is 17.8 Å². The van der Waals surface area contributed by atoms with Crippen LogP contribution in [0.15, 0.2) is 46.6 Å². The maximum atomic E-state index is 13.6. The van der Waals surface area contributed by atoms with Gasteiger partial charge in [-0.25, -0.2) is 0 Å². The molecule has 198 valence electrons. The summed E-state index contributed by atoms with van der Waals surface area (Å²) in [6, 6.07) is 3.09. The molecule has 1 aromatic carbocycles. The quantitative estimate of drug-likeness (QED) is 0.319. The minimum Gasteiger partial charge on any atom is -0.503 e. The fourth-order valence-corrected chi connectivity index (χ4v) is 6.55. The van der Waals surface area contributed by atoms with Crippen LogP contribution < -0.4 is 4.74 Å². The van der Waals surface area contributed by atoms with Gasteiger partial charge in [-0.05, 0) is 55.9 Å². The number of likely N-dealkylation sites (tertiary alicyclic amines) is 1. The van der Waals surface area contributed by atoms with Gasteiger partial charge in [0.05, 0.1) is 24.0 Å². The van der Waals surface area contributed by atoms with Gasteiger partial charge in [0.2, 0.25) is 11.8 Å². The highest BCUT2D eigenvalue weighted by Crippen LogP contribution is 2.56. The minimum absolute atomic E-state index is 0.0106. The van der Waals surface area contributed by atoms with Crippen molar-refractivity contribution >= 4 is 41.0 Å². The number of amides is 2. The van der Waals surface area contributed by atoms with E-state index in [2.05, 4.69) is 0 Å². The zero-order chi connectivity index (χ0) is 27.5. The number of ether oxygens (including phenoxy) is 1. The lowest BCUT2D eigenvalue weighted by Gasteiger charge is -2.42. The summed E-state index contributed by atoms with van der Waals surface area (Å²) in [6.07, 6.45) is 3.58. The normalized spacial score (nSPS) is 26.6. The third-order valence-electron chi connectivity index (χ3n) is 8.03. The average molecular weight is 540 g/mol. The van der Waals surface area contributed by atoms with Gasteiger partial charge in [0.1, 0.15) is 0 Å². The molecule has 0 bridgehead atoms. The lowest BCUT2D eigenvalue weighted by molar-refractivity contribution is -0.142. The van der Waals surface area contributed by atoms with Crippen molar-refractivity contribution in [2.75, 3.05) is 13.7 Å². The van der Waals surface area contributed by atoms with Gasteiger partial charge in [-0.1, -0.05) is 23.3 Å². The van der Waals surface area contributed by atoms with Crippen molar-refractivity contribution < 1.29 is 38.9 Å². The molecular weight excluding hydrogens is 514 g/mol. The summed E-state index contributed by atoms with van der Waals surface area (Å²) >= 11 is 6.31. The molecule has 5 rings (SSSR count). The third kappa shape index (κ3) is 3.96. The highest BCUT2D eigenvalue weighted by molar-refractivity contribution is 6.32. The Morgan fingerprint density at radius 3 is 2.58 bits per heavy atom. The standard InChI is InChI=1S/C28H26ClNO8/c1-12-8-19(31)17-11-16-14(5-6-15-23(16)28(37)30(27(15)36)7-3-4-21(32)33)22(24(17)25(12)34)13-9-18(29)26(35)20(10-13)38-2/h5,8-10,15-16,22-23,35H,3-4,6-7,11H2,1-2H3,(H,32,33)/t15-,16+,22-,23-/m0/s1. The number of hydrogen-bond acceptors (Lipinski definition) is 7. The highest BCUT2D eigenvalue weighted by Gasteiger charge is 2.56. The van der Waals surface area contributed by atoms with E-state index in [9.17, 15) is 29.1 Å². The number of benzene rings is 1. The number of carboxylic acid groups (broad SMARTS) is 1. The van der Waals surface area contributed by atoms with Crippen molar-refractivity contribution in [1.82, 2.24) is 4.90 Å². The summed E-state index contributed by atoms with van der Waals surface area (Å²) < 4.78 is 5.29. The van der Waals surface area contributed by atoms with Crippen LogP contribution in [0.2, 0.25) is 5.02 Å². The molecule has 2 amide bonds. The lowest BCUT2D eigenvalue weighted by atomic mass is 9.59. The predicted octanol–water partition coefficient (Wildman–Crippen LogP) is 3.35. The number of aromatic hydroxyl groups is 1. The van der Waals surface area contributed by atoms with E-state index in [-0.39, 0.29) is 72.1 Å². The molecule has 10 heteroatoms. The number of hydrogen-bond donors (Lipinski definition) is 2. The maximum absolute atomic E-state index is 13.6. The highest BCUT2D eigenvalue weighted by atomic mass is 35.5. The molecule has 2 N–H and O–H groups in total. The predicted molar refractivity (Wildman–Crippen MR) is 135 cm³/mol. The van der Waals surface area contributed by atoms with Crippen molar-refractivity contribution in [3.05, 3.63) is 57.2 Å². The number of phenolic OH excluding ortho intramolecular Hbond substituents is 1. The Kier molecular flexibility index (Phi) is 6.51. The SMILES string of the molecule is COc1cc([C@H]2C3=CC[C@@H]4C(=O)N(CCCC(=O)O)C(=O)[C@@H]4[C@@H]3CC3=C2C(=O)C(C)=CC3=O)cc(Cl)c1O. The fourth-order valence-electron chi connectivity index (χ4n) is 6.33. The Morgan fingerprint density at radius 1 is 1.16 bits per heavy atom. The lowest BCUT2D eigenvalue weighted by Crippen LogP contribution is -2.40. The molecule has 1 saturated heterocycles. The summed E-state index contributed by atoms with van der Waals surface area (Å²) in [5.74, 6) is -5.06. The molecule has 1 heterocycles. The summed E-state index contributed by atoms with van der Waals surface area (Å²) in [7, 11) is 1.37. The molecule has 4 atom stereocenters. The number of Topliss-reactive ketones (excluding diaryl/α,β-unsaturated/α-hetero) is 1. The van der Waals surface area contributed by atoms with Crippen molar-refractivity contribution in [2.24, 2.45) is 17.8 Å². The first-order chi connectivity index (χ1) is 18.0. The molecule has 0 unspecified atom stereocenters. The van der Waals surface area contributed by atoms with Gasteiger partial charge in [-0.2, -0.15) is 0 Å². The van der Waals surface area contributed by atoms with Crippen molar-refractivity contribution in [3.8, 4) is 11.5 Å². The number of halogens is 1.